The molecule has 2 N–H and O–H groups in total. The molecule has 0 aliphatic heterocycles. The van der Waals surface area contributed by atoms with Crippen LogP contribution in [0.15, 0.2) is 18.2 Å². The number of carboxylic acids is 1. The first-order valence-electron chi connectivity index (χ1n) is 3.35. The van der Waals surface area contributed by atoms with E-state index >= 15 is 0 Å². The van der Waals surface area contributed by atoms with Gasteiger partial charge in [0.1, 0.15) is 5.82 Å². The molecule has 0 bridgehead atoms. The lowest BCUT2D eigenvalue weighted by atomic mass is 10.2. The molecular formula is C8H8FNO2. The van der Waals surface area contributed by atoms with Crippen LogP contribution in [-0.4, -0.2) is 18.1 Å². The van der Waals surface area contributed by atoms with Gasteiger partial charge >= 0.3 is 5.97 Å². The number of benzene rings is 1. The summed E-state index contributed by atoms with van der Waals surface area (Å²) in [6.07, 6.45) is 0. The first-order valence-corrected chi connectivity index (χ1v) is 3.35. The quantitative estimate of drug-likeness (QED) is 0.706. The van der Waals surface area contributed by atoms with Gasteiger partial charge in [-0.2, -0.15) is 0 Å². The van der Waals surface area contributed by atoms with Crippen LogP contribution in [-0.2, 0) is 0 Å². The van der Waals surface area contributed by atoms with Gasteiger partial charge in [0.15, 0.2) is 0 Å². The Morgan fingerprint density at radius 1 is 1.58 bits per heavy atom. The number of hydrogen-bond donors (Lipinski definition) is 2. The molecule has 0 unspecified atom stereocenters. The van der Waals surface area contributed by atoms with Gasteiger partial charge in [-0.15, -0.1) is 0 Å². The molecule has 0 heterocycles. The van der Waals surface area contributed by atoms with Gasteiger partial charge in [-0.05, 0) is 18.2 Å². The maximum absolute atomic E-state index is 12.7. The Morgan fingerprint density at radius 3 is 2.75 bits per heavy atom. The molecule has 0 aromatic heterocycles. The minimum absolute atomic E-state index is 0.318. The Labute approximate surface area is 68.8 Å². The predicted octanol–water partition coefficient (Wildman–Crippen LogP) is 1.57. The largest absolute Gasteiger partial charge is 0.478 e. The van der Waals surface area contributed by atoms with E-state index in [1.807, 2.05) is 0 Å². The summed E-state index contributed by atoms with van der Waals surface area (Å²) in [5, 5.41) is 11.2. The zero-order valence-corrected chi connectivity index (χ0v) is 6.47. The van der Waals surface area contributed by atoms with Gasteiger partial charge in [0.05, 0.1) is 5.56 Å². The highest BCUT2D eigenvalue weighted by molar-refractivity contribution is 5.89. The van der Waals surface area contributed by atoms with E-state index in [4.69, 9.17) is 5.11 Å². The number of halogens is 1. The van der Waals surface area contributed by atoms with Crippen LogP contribution in [0.5, 0.6) is 0 Å². The van der Waals surface area contributed by atoms with Gasteiger partial charge in [-0.1, -0.05) is 0 Å². The molecule has 0 saturated carbocycles. The molecule has 1 aromatic carbocycles. The normalized spacial score (nSPS) is 9.50. The van der Waals surface area contributed by atoms with Crippen LogP contribution in [0.1, 0.15) is 10.4 Å². The summed E-state index contributed by atoms with van der Waals surface area (Å²) in [5.41, 5.74) is 0.260. The lowest BCUT2D eigenvalue weighted by molar-refractivity contribution is 0.0692. The topological polar surface area (TPSA) is 49.3 Å². The van der Waals surface area contributed by atoms with E-state index in [1.54, 1.807) is 7.05 Å². The van der Waals surface area contributed by atoms with Crippen molar-refractivity contribution in [2.45, 2.75) is 0 Å². The second kappa shape index (κ2) is 3.21. The molecule has 1 rings (SSSR count). The molecule has 1 aromatic rings. The van der Waals surface area contributed by atoms with Crippen molar-refractivity contribution in [3.63, 3.8) is 0 Å². The van der Waals surface area contributed by atoms with Crippen LogP contribution < -0.4 is 5.32 Å². The number of carbonyl (C=O) groups is 1. The standard InChI is InChI=1S/C8H8FNO2/c1-10-5-2-3-7(9)6(4-5)8(11)12/h2-4,10H,1H3,(H,11,12). The molecule has 0 amide bonds. The fourth-order valence-electron chi connectivity index (χ4n) is 0.845. The third kappa shape index (κ3) is 1.53. The zero-order chi connectivity index (χ0) is 9.14. The van der Waals surface area contributed by atoms with Crippen molar-refractivity contribution in [1.29, 1.82) is 0 Å². The Balaban J connectivity index is 3.17. The molecular weight excluding hydrogens is 161 g/mol. The zero-order valence-electron chi connectivity index (χ0n) is 6.47. The van der Waals surface area contributed by atoms with E-state index < -0.39 is 11.8 Å². The molecule has 0 fully saturated rings. The summed E-state index contributed by atoms with van der Waals surface area (Å²) in [6.45, 7) is 0. The first kappa shape index (κ1) is 8.52. The smallest absolute Gasteiger partial charge is 0.338 e. The molecule has 0 aliphatic rings. The highest BCUT2D eigenvalue weighted by Gasteiger charge is 2.09. The van der Waals surface area contributed by atoms with E-state index in [0.29, 0.717) is 5.69 Å². The summed E-state index contributed by atoms with van der Waals surface area (Å²) in [5.74, 6) is -1.98. The number of aromatic carboxylic acids is 1. The van der Waals surface area contributed by atoms with Crippen molar-refractivity contribution in [2.75, 3.05) is 12.4 Å². The maximum Gasteiger partial charge on any atom is 0.338 e. The van der Waals surface area contributed by atoms with Crippen molar-refractivity contribution in [1.82, 2.24) is 0 Å². The maximum atomic E-state index is 12.7. The van der Waals surface area contributed by atoms with E-state index in [1.165, 1.54) is 12.1 Å². The third-order valence-electron chi connectivity index (χ3n) is 1.49. The molecule has 0 radical (unpaired) electrons. The average molecular weight is 169 g/mol. The van der Waals surface area contributed by atoms with E-state index in [0.717, 1.165) is 6.07 Å². The van der Waals surface area contributed by atoms with E-state index in [2.05, 4.69) is 5.32 Å². The van der Waals surface area contributed by atoms with Gasteiger partial charge in [0, 0.05) is 12.7 Å². The van der Waals surface area contributed by atoms with Gasteiger partial charge in [-0.25, -0.2) is 9.18 Å². The predicted molar refractivity (Wildman–Crippen MR) is 42.9 cm³/mol. The summed E-state index contributed by atoms with van der Waals surface area (Å²) in [6, 6.07) is 3.84. The van der Waals surface area contributed by atoms with Crippen molar-refractivity contribution < 1.29 is 14.3 Å². The fraction of sp³-hybridized carbons (Fsp3) is 0.125. The molecule has 0 saturated heterocycles. The lowest BCUT2D eigenvalue weighted by Crippen LogP contribution is -2.01. The van der Waals surface area contributed by atoms with Crippen LogP contribution in [0.25, 0.3) is 0 Å². The monoisotopic (exact) mass is 169 g/mol. The Morgan fingerprint density at radius 2 is 2.25 bits per heavy atom. The third-order valence-corrected chi connectivity index (χ3v) is 1.49. The first-order chi connectivity index (χ1) is 5.65. The summed E-state index contributed by atoms with van der Waals surface area (Å²) < 4.78 is 12.7. The van der Waals surface area contributed by atoms with Crippen molar-refractivity contribution in [2.24, 2.45) is 0 Å². The molecule has 3 nitrogen and oxygen atoms in total. The Kier molecular flexibility index (Phi) is 2.28. The lowest BCUT2D eigenvalue weighted by Gasteiger charge is -2.01. The van der Waals surface area contributed by atoms with E-state index in [-0.39, 0.29) is 5.56 Å². The Bertz CT molecular complexity index is 312. The minimum atomic E-state index is -1.26. The number of carboxylic acid groups (broad SMARTS) is 1. The Hall–Kier alpha value is -1.58. The number of nitrogens with one attached hydrogen (secondary N) is 1. The van der Waals surface area contributed by atoms with Crippen LogP contribution in [0.4, 0.5) is 10.1 Å². The summed E-state index contributed by atoms with van der Waals surface area (Å²) in [4.78, 5) is 10.4. The van der Waals surface area contributed by atoms with E-state index in [9.17, 15) is 9.18 Å². The van der Waals surface area contributed by atoms with Crippen LogP contribution in [0.3, 0.4) is 0 Å². The molecule has 4 heteroatoms. The number of anilines is 1. The fourth-order valence-corrected chi connectivity index (χ4v) is 0.845. The second-order valence-electron chi connectivity index (χ2n) is 2.25. The van der Waals surface area contributed by atoms with Crippen molar-refractivity contribution in [3.05, 3.63) is 29.6 Å². The van der Waals surface area contributed by atoms with Gasteiger partial charge in [0.25, 0.3) is 0 Å². The summed E-state index contributed by atoms with van der Waals surface area (Å²) in [7, 11) is 1.64. The van der Waals surface area contributed by atoms with Crippen LogP contribution in [0.2, 0.25) is 0 Å². The van der Waals surface area contributed by atoms with Gasteiger partial charge < -0.3 is 10.4 Å². The molecule has 64 valence electrons. The highest BCUT2D eigenvalue weighted by atomic mass is 19.1. The molecule has 0 spiro atoms. The van der Waals surface area contributed by atoms with Crippen molar-refractivity contribution >= 4 is 11.7 Å². The summed E-state index contributed by atoms with van der Waals surface area (Å²) >= 11 is 0. The molecule has 0 atom stereocenters. The van der Waals surface area contributed by atoms with Crippen LogP contribution in [0, 0.1) is 5.82 Å². The minimum Gasteiger partial charge on any atom is -0.478 e. The van der Waals surface area contributed by atoms with Crippen molar-refractivity contribution in [3.8, 4) is 0 Å². The molecule has 12 heavy (non-hydrogen) atoms. The number of rotatable bonds is 2. The average Bonchev–Trinajstić information content (AvgIpc) is 2.05. The van der Waals surface area contributed by atoms with Gasteiger partial charge in [0.2, 0.25) is 0 Å². The van der Waals surface area contributed by atoms with Gasteiger partial charge in [-0.3, -0.25) is 0 Å². The number of hydrogen-bond acceptors (Lipinski definition) is 2. The van der Waals surface area contributed by atoms with Crippen LogP contribution >= 0.6 is 0 Å². The molecule has 0 aliphatic carbocycles. The highest BCUT2D eigenvalue weighted by Crippen LogP contribution is 2.13. The second-order valence-corrected chi connectivity index (χ2v) is 2.25. The SMILES string of the molecule is CNc1ccc(F)c(C(=O)O)c1.